The van der Waals surface area contributed by atoms with Gasteiger partial charge in [-0.05, 0) is 52.2 Å². The summed E-state index contributed by atoms with van der Waals surface area (Å²) < 4.78 is 32.7. The minimum atomic E-state index is -1.46. The van der Waals surface area contributed by atoms with Crippen LogP contribution < -0.4 is 0 Å². The lowest BCUT2D eigenvalue weighted by molar-refractivity contribution is -0.0981. The van der Waals surface area contributed by atoms with Crippen LogP contribution in [-0.4, -0.2) is 38.8 Å². The molecule has 1 aromatic heterocycles. The van der Waals surface area contributed by atoms with Crippen molar-refractivity contribution >= 4 is 6.09 Å². The Balaban J connectivity index is 1.87. The van der Waals surface area contributed by atoms with E-state index in [1.54, 1.807) is 25.7 Å². The van der Waals surface area contributed by atoms with E-state index >= 15 is 0 Å². The van der Waals surface area contributed by atoms with Crippen molar-refractivity contribution in [1.82, 2.24) is 9.88 Å². The van der Waals surface area contributed by atoms with E-state index in [9.17, 15) is 18.7 Å². The van der Waals surface area contributed by atoms with Gasteiger partial charge in [0.25, 0.3) is 0 Å². The zero-order valence-corrected chi connectivity index (χ0v) is 14.8. The van der Waals surface area contributed by atoms with Gasteiger partial charge in [-0.25, -0.2) is 4.79 Å². The third kappa shape index (κ3) is 3.61. The lowest BCUT2D eigenvalue weighted by Crippen LogP contribution is -2.59. The number of pyridine rings is 1. The van der Waals surface area contributed by atoms with Crippen molar-refractivity contribution in [3.63, 3.8) is 0 Å². The highest BCUT2D eigenvalue weighted by molar-refractivity contribution is 5.69. The maximum atomic E-state index is 14.1. The van der Waals surface area contributed by atoms with Crippen LogP contribution in [0.3, 0.4) is 0 Å². The van der Waals surface area contributed by atoms with Crippen LogP contribution in [0.4, 0.5) is 13.6 Å². The maximum absolute atomic E-state index is 14.1. The second-order valence-electron chi connectivity index (χ2n) is 8.04. The van der Waals surface area contributed by atoms with Gasteiger partial charge in [0.1, 0.15) is 5.60 Å². The van der Waals surface area contributed by atoms with Gasteiger partial charge in [-0.2, -0.15) is 13.8 Å². The van der Waals surface area contributed by atoms with Crippen molar-refractivity contribution in [3.05, 3.63) is 29.6 Å². The van der Waals surface area contributed by atoms with Gasteiger partial charge in [-0.15, -0.1) is 0 Å². The molecule has 3 heterocycles. The Bertz CT molecular complexity index is 661. The van der Waals surface area contributed by atoms with E-state index in [0.29, 0.717) is 12.8 Å². The maximum Gasteiger partial charge on any atom is 0.410 e. The molecular formula is C18H24F2N2O3. The van der Waals surface area contributed by atoms with Crippen molar-refractivity contribution < 1.29 is 23.4 Å². The van der Waals surface area contributed by atoms with Crippen molar-refractivity contribution in [2.24, 2.45) is 0 Å². The largest absolute Gasteiger partial charge is 0.444 e. The standard InChI is InChI=1S/C18H24F2N2O3/c1-17(2,3)25-16(23)22-11-5-4-6-12(22)10-18(24,9-11)13-7-8-14(19)21-15(13)20/h7-8,11-12,24H,4-6,9-10H2,1-3H3. The van der Waals surface area contributed by atoms with E-state index in [1.165, 1.54) is 6.07 Å². The van der Waals surface area contributed by atoms with E-state index in [2.05, 4.69) is 4.98 Å². The number of aromatic nitrogens is 1. The fourth-order valence-corrected chi connectivity index (χ4v) is 4.02. The van der Waals surface area contributed by atoms with Crippen LogP contribution in [0.2, 0.25) is 0 Å². The summed E-state index contributed by atoms with van der Waals surface area (Å²) in [4.78, 5) is 17.5. The van der Waals surface area contributed by atoms with E-state index in [-0.39, 0.29) is 30.5 Å². The summed E-state index contributed by atoms with van der Waals surface area (Å²) in [6.07, 6.45) is 2.35. The molecule has 138 valence electrons. The molecule has 2 atom stereocenters. The third-order valence-electron chi connectivity index (χ3n) is 4.93. The molecule has 2 unspecified atom stereocenters. The molecular weight excluding hydrogens is 330 g/mol. The van der Waals surface area contributed by atoms with Crippen molar-refractivity contribution in [3.8, 4) is 0 Å². The third-order valence-corrected chi connectivity index (χ3v) is 4.93. The molecule has 0 radical (unpaired) electrons. The van der Waals surface area contributed by atoms with Gasteiger partial charge in [0, 0.05) is 30.5 Å². The summed E-state index contributed by atoms with van der Waals surface area (Å²) in [7, 11) is 0. The minimum absolute atomic E-state index is 0.00496. The number of carbonyl (C=O) groups excluding carboxylic acids is 1. The van der Waals surface area contributed by atoms with Crippen molar-refractivity contribution in [2.75, 3.05) is 0 Å². The highest BCUT2D eigenvalue weighted by atomic mass is 19.1. The molecule has 2 fully saturated rings. The molecule has 0 aliphatic carbocycles. The molecule has 2 aliphatic rings. The molecule has 7 heteroatoms. The molecule has 0 spiro atoms. The van der Waals surface area contributed by atoms with Gasteiger partial charge in [0.15, 0.2) is 0 Å². The van der Waals surface area contributed by atoms with Gasteiger partial charge in [0.05, 0.1) is 5.60 Å². The summed E-state index contributed by atoms with van der Waals surface area (Å²) in [5.41, 5.74) is -2.07. The smallest absolute Gasteiger partial charge is 0.410 e. The second-order valence-corrected chi connectivity index (χ2v) is 8.04. The van der Waals surface area contributed by atoms with E-state index in [4.69, 9.17) is 4.74 Å². The summed E-state index contributed by atoms with van der Waals surface area (Å²) in [6.45, 7) is 5.42. The average Bonchev–Trinajstić information content (AvgIpc) is 2.43. The van der Waals surface area contributed by atoms with Gasteiger partial charge in [-0.1, -0.05) is 0 Å². The number of carbonyl (C=O) groups is 1. The second kappa shape index (κ2) is 6.20. The number of nitrogens with zero attached hydrogens (tertiary/aromatic N) is 2. The molecule has 5 nitrogen and oxygen atoms in total. The SMILES string of the molecule is CC(C)(C)OC(=O)N1C2CCCC1CC(O)(c1ccc(F)nc1F)C2. The number of fused-ring (bicyclic) bond motifs is 2. The number of hydrogen-bond donors (Lipinski definition) is 1. The Morgan fingerprint density at radius 2 is 1.88 bits per heavy atom. The highest BCUT2D eigenvalue weighted by Gasteiger charge is 2.50. The van der Waals surface area contributed by atoms with Crippen LogP contribution in [0.15, 0.2) is 12.1 Å². The van der Waals surface area contributed by atoms with E-state index in [0.717, 1.165) is 12.5 Å². The number of amides is 1. The minimum Gasteiger partial charge on any atom is -0.444 e. The molecule has 2 aliphatic heterocycles. The number of aliphatic hydroxyl groups is 1. The topological polar surface area (TPSA) is 62.7 Å². The summed E-state index contributed by atoms with van der Waals surface area (Å²) in [5, 5.41) is 11.1. The Morgan fingerprint density at radius 1 is 1.28 bits per heavy atom. The molecule has 1 N–H and O–H groups in total. The molecule has 1 amide bonds. The Morgan fingerprint density at radius 3 is 2.40 bits per heavy atom. The fraction of sp³-hybridized carbons (Fsp3) is 0.667. The number of halogens is 2. The van der Waals surface area contributed by atoms with Crippen LogP contribution in [0.5, 0.6) is 0 Å². The lowest BCUT2D eigenvalue weighted by atomic mass is 9.73. The first kappa shape index (κ1) is 18.0. The van der Waals surface area contributed by atoms with Crippen LogP contribution >= 0.6 is 0 Å². The van der Waals surface area contributed by atoms with Crippen LogP contribution in [0.1, 0.15) is 58.4 Å². The van der Waals surface area contributed by atoms with Crippen molar-refractivity contribution in [2.45, 2.75) is 76.2 Å². The number of ether oxygens (including phenoxy) is 1. The number of rotatable bonds is 1. The van der Waals surface area contributed by atoms with Crippen LogP contribution in [0, 0.1) is 11.9 Å². The first-order valence-corrected chi connectivity index (χ1v) is 8.65. The van der Waals surface area contributed by atoms with Gasteiger partial charge >= 0.3 is 6.09 Å². The Kier molecular flexibility index (Phi) is 4.47. The average molecular weight is 354 g/mol. The van der Waals surface area contributed by atoms with Crippen LogP contribution in [-0.2, 0) is 10.3 Å². The monoisotopic (exact) mass is 354 g/mol. The van der Waals surface area contributed by atoms with E-state index in [1.807, 2.05) is 0 Å². The first-order chi connectivity index (χ1) is 11.6. The van der Waals surface area contributed by atoms with Gasteiger partial charge in [0.2, 0.25) is 11.9 Å². The first-order valence-electron chi connectivity index (χ1n) is 8.65. The lowest BCUT2D eigenvalue weighted by Gasteiger charge is -2.51. The number of hydrogen-bond acceptors (Lipinski definition) is 4. The molecule has 2 bridgehead atoms. The summed E-state index contributed by atoms with van der Waals surface area (Å²) in [6, 6.07) is 1.82. The Labute approximate surface area is 146 Å². The molecule has 3 rings (SSSR count). The predicted octanol–water partition coefficient (Wildman–Crippen LogP) is 3.50. The zero-order valence-electron chi connectivity index (χ0n) is 14.8. The number of piperidine rings is 2. The summed E-state index contributed by atoms with van der Waals surface area (Å²) in [5.74, 6) is -1.91. The van der Waals surface area contributed by atoms with Crippen molar-refractivity contribution in [1.29, 1.82) is 0 Å². The molecule has 0 saturated carbocycles. The Hall–Kier alpha value is -1.76. The molecule has 2 saturated heterocycles. The normalized spacial score (nSPS) is 29.4. The molecule has 25 heavy (non-hydrogen) atoms. The quantitative estimate of drug-likeness (QED) is 0.784. The highest BCUT2D eigenvalue weighted by Crippen LogP contribution is 2.45. The van der Waals surface area contributed by atoms with E-state index < -0.39 is 29.2 Å². The fourth-order valence-electron chi connectivity index (χ4n) is 4.02. The molecule has 0 aromatic carbocycles. The molecule has 1 aromatic rings. The van der Waals surface area contributed by atoms with Crippen LogP contribution in [0.25, 0.3) is 0 Å². The zero-order chi connectivity index (χ0) is 18.4. The predicted molar refractivity (Wildman–Crippen MR) is 86.8 cm³/mol. The van der Waals surface area contributed by atoms with Gasteiger partial charge < -0.3 is 14.7 Å². The van der Waals surface area contributed by atoms with Gasteiger partial charge in [-0.3, -0.25) is 0 Å². The summed E-state index contributed by atoms with van der Waals surface area (Å²) >= 11 is 0.